The van der Waals surface area contributed by atoms with E-state index in [4.69, 9.17) is 0 Å². The summed E-state index contributed by atoms with van der Waals surface area (Å²) in [5.74, 6) is 0.406. The Morgan fingerprint density at radius 1 is 1.20 bits per heavy atom. The minimum Gasteiger partial charge on any atom is -0.340 e. The Bertz CT molecular complexity index is 606. The average molecular weight is 346 g/mol. The molecule has 138 valence electrons. The van der Waals surface area contributed by atoms with Gasteiger partial charge in [0.15, 0.2) is 0 Å². The summed E-state index contributed by atoms with van der Waals surface area (Å²) in [7, 11) is 1.83. The topological polar surface area (TPSA) is 58.4 Å². The third-order valence-corrected chi connectivity index (χ3v) is 5.58. The van der Waals surface area contributed by atoms with Crippen LogP contribution in [0.15, 0.2) is 12.4 Å². The summed E-state index contributed by atoms with van der Waals surface area (Å²) >= 11 is 0. The van der Waals surface area contributed by atoms with E-state index in [-0.39, 0.29) is 23.8 Å². The normalized spacial score (nSPS) is 21.5. The van der Waals surface area contributed by atoms with Gasteiger partial charge in [-0.1, -0.05) is 19.3 Å². The molecule has 0 spiro atoms. The van der Waals surface area contributed by atoms with Crippen molar-refractivity contribution in [2.75, 3.05) is 13.6 Å². The molecule has 1 aromatic heterocycles. The quantitative estimate of drug-likeness (QED) is 0.823. The van der Waals surface area contributed by atoms with Gasteiger partial charge in [0.25, 0.3) is 0 Å². The molecule has 0 radical (unpaired) electrons. The Balaban J connectivity index is 1.62. The maximum Gasteiger partial charge on any atom is 0.245 e. The van der Waals surface area contributed by atoms with Crippen molar-refractivity contribution >= 4 is 11.8 Å². The van der Waals surface area contributed by atoms with Crippen LogP contribution in [0, 0.1) is 5.92 Å². The second-order valence-electron chi connectivity index (χ2n) is 7.42. The predicted molar refractivity (Wildman–Crippen MR) is 95.7 cm³/mol. The average Bonchev–Trinajstić information content (AvgIpc) is 3.30. The first-order chi connectivity index (χ1) is 12.1. The van der Waals surface area contributed by atoms with Gasteiger partial charge in [-0.3, -0.25) is 14.3 Å². The van der Waals surface area contributed by atoms with E-state index in [0.717, 1.165) is 57.2 Å². The number of hydrogen-bond donors (Lipinski definition) is 0. The molecule has 0 unspecified atom stereocenters. The smallest absolute Gasteiger partial charge is 0.245 e. The molecule has 0 N–H and O–H groups in total. The number of carbonyl (C=O) groups excluding carboxylic acids is 2. The molecule has 2 fully saturated rings. The van der Waals surface area contributed by atoms with Crippen LogP contribution < -0.4 is 0 Å². The molecule has 1 aliphatic heterocycles. The third kappa shape index (κ3) is 4.05. The molecule has 1 saturated heterocycles. The highest BCUT2D eigenvalue weighted by Gasteiger charge is 2.38. The summed E-state index contributed by atoms with van der Waals surface area (Å²) in [5.41, 5.74) is 1.03. The number of aromatic nitrogens is 2. The first-order valence-electron chi connectivity index (χ1n) is 9.67. The van der Waals surface area contributed by atoms with Crippen molar-refractivity contribution in [1.82, 2.24) is 19.6 Å². The van der Waals surface area contributed by atoms with E-state index in [0.29, 0.717) is 6.54 Å². The van der Waals surface area contributed by atoms with Crippen LogP contribution in [0.4, 0.5) is 0 Å². The zero-order valence-corrected chi connectivity index (χ0v) is 15.5. The van der Waals surface area contributed by atoms with E-state index in [1.165, 1.54) is 6.42 Å². The first-order valence-corrected chi connectivity index (χ1v) is 9.67. The molecule has 6 nitrogen and oxygen atoms in total. The number of amides is 2. The van der Waals surface area contributed by atoms with Gasteiger partial charge in [0, 0.05) is 44.4 Å². The Kier molecular flexibility index (Phi) is 5.76. The maximum atomic E-state index is 12.9. The zero-order valence-electron chi connectivity index (χ0n) is 15.5. The Morgan fingerprint density at radius 3 is 2.64 bits per heavy atom. The molecule has 0 aromatic carbocycles. The van der Waals surface area contributed by atoms with Crippen molar-refractivity contribution in [3.05, 3.63) is 18.0 Å². The van der Waals surface area contributed by atoms with Crippen LogP contribution in [0.5, 0.6) is 0 Å². The van der Waals surface area contributed by atoms with Crippen molar-refractivity contribution < 1.29 is 9.59 Å². The molecule has 1 aliphatic carbocycles. The van der Waals surface area contributed by atoms with Crippen molar-refractivity contribution in [3.63, 3.8) is 0 Å². The molecule has 1 aromatic rings. The molecule has 6 heteroatoms. The standard InChI is InChI=1S/C19H30N4O2/c1-3-22-14-15(12-20-22)13-21(2)19(25)17-10-7-11-23(17)18(24)16-8-5-4-6-9-16/h12,14,16-17H,3-11,13H2,1-2H3/t17-/m0/s1. The van der Waals surface area contributed by atoms with Gasteiger partial charge in [-0.25, -0.2) is 0 Å². The molecular weight excluding hydrogens is 316 g/mol. The second kappa shape index (κ2) is 8.02. The van der Waals surface area contributed by atoms with Gasteiger partial charge in [-0.2, -0.15) is 5.10 Å². The lowest BCUT2D eigenvalue weighted by molar-refractivity contribution is -0.146. The molecule has 3 rings (SSSR count). The minimum absolute atomic E-state index is 0.0610. The van der Waals surface area contributed by atoms with E-state index in [1.54, 1.807) is 4.90 Å². The monoisotopic (exact) mass is 346 g/mol. The van der Waals surface area contributed by atoms with Crippen LogP contribution in [0.1, 0.15) is 57.4 Å². The largest absolute Gasteiger partial charge is 0.340 e. The fraction of sp³-hybridized carbons (Fsp3) is 0.737. The lowest BCUT2D eigenvalue weighted by atomic mass is 9.88. The number of carbonyl (C=O) groups is 2. The van der Waals surface area contributed by atoms with Gasteiger partial charge in [-0.15, -0.1) is 0 Å². The minimum atomic E-state index is -0.277. The van der Waals surface area contributed by atoms with E-state index < -0.39 is 0 Å². The molecule has 2 amide bonds. The Hall–Kier alpha value is -1.85. The van der Waals surface area contributed by atoms with Crippen LogP contribution in [0.2, 0.25) is 0 Å². The van der Waals surface area contributed by atoms with E-state index in [9.17, 15) is 9.59 Å². The summed E-state index contributed by atoms with van der Waals surface area (Å²) in [6, 6.07) is -0.277. The van der Waals surface area contributed by atoms with Gasteiger partial charge in [0.2, 0.25) is 11.8 Å². The van der Waals surface area contributed by atoms with E-state index in [1.807, 2.05) is 35.9 Å². The molecule has 1 saturated carbocycles. The zero-order chi connectivity index (χ0) is 17.8. The number of hydrogen-bond acceptors (Lipinski definition) is 3. The van der Waals surface area contributed by atoms with Crippen molar-refractivity contribution in [2.45, 2.75) is 71.0 Å². The molecule has 2 aliphatic rings. The molecule has 1 atom stereocenters. The van der Waals surface area contributed by atoms with Crippen LogP contribution in [-0.2, 0) is 22.7 Å². The van der Waals surface area contributed by atoms with Gasteiger partial charge in [0.05, 0.1) is 6.20 Å². The highest BCUT2D eigenvalue weighted by molar-refractivity contribution is 5.89. The second-order valence-corrected chi connectivity index (χ2v) is 7.42. The van der Waals surface area contributed by atoms with Crippen molar-refractivity contribution in [2.24, 2.45) is 5.92 Å². The number of nitrogens with zero attached hydrogens (tertiary/aromatic N) is 4. The van der Waals surface area contributed by atoms with Crippen LogP contribution >= 0.6 is 0 Å². The van der Waals surface area contributed by atoms with Crippen LogP contribution in [0.3, 0.4) is 0 Å². The molecular formula is C19H30N4O2. The summed E-state index contributed by atoms with van der Waals surface area (Å²) in [6.45, 7) is 4.14. The van der Waals surface area contributed by atoms with Crippen LogP contribution in [0.25, 0.3) is 0 Å². The van der Waals surface area contributed by atoms with Gasteiger partial charge >= 0.3 is 0 Å². The third-order valence-electron chi connectivity index (χ3n) is 5.58. The van der Waals surface area contributed by atoms with Crippen LogP contribution in [-0.4, -0.2) is 51.0 Å². The van der Waals surface area contributed by atoms with E-state index >= 15 is 0 Å². The maximum absolute atomic E-state index is 12.9. The van der Waals surface area contributed by atoms with Gasteiger partial charge in [0.1, 0.15) is 6.04 Å². The summed E-state index contributed by atoms with van der Waals surface area (Å²) in [4.78, 5) is 29.4. The predicted octanol–water partition coefficient (Wildman–Crippen LogP) is 2.43. The van der Waals surface area contributed by atoms with Gasteiger partial charge < -0.3 is 9.80 Å². The summed E-state index contributed by atoms with van der Waals surface area (Å²) in [5, 5.41) is 4.26. The Labute approximate surface area is 150 Å². The number of likely N-dealkylation sites (N-methyl/N-ethyl adjacent to an activating group) is 1. The molecule has 2 heterocycles. The number of likely N-dealkylation sites (tertiary alicyclic amines) is 1. The lowest BCUT2D eigenvalue weighted by Crippen LogP contribution is -2.48. The summed E-state index contributed by atoms with van der Waals surface area (Å²) in [6.07, 6.45) is 11.0. The lowest BCUT2D eigenvalue weighted by Gasteiger charge is -2.32. The SMILES string of the molecule is CCn1cc(CN(C)C(=O)[C@@H]2CCCN2C(=O)C2CCCCC2)cn1. The van der Waals surface area contributed by atoms with Crippen molar-refractivity contribution in [1.29, 1.82) is 0 Å². The van der Waals surface area contributed by atoms with E-state index in [2.05, 4.69) is 5.10 Å². The highest BCUT2D eigenvalue weighted by Crippen LogP contribution is 2.29. The summed E-state index contributed by atoms with van der Waals surface area (Å²) < 4.78 is 1.86. The fourth-order valence-corrected chi connectivity index (χ4v) is 4.14. The molecule has 0 bridgehead atoms. The molecule has 25 heavy (non-hydrogen) atoms. The highest BCUT2D eigenvalue weighted by atomic mass is 16.2. The fourth-order valence-electron chi connectivity index (χ4n) is 4.14. The first kappa shape index (κ1) is 18.0. The number of aryl methyl sites for hydroxylation is 1. The number of rotatable bonds is 5. The Morgan fingerprint density at radius 2 is 1.96 bits per heavy atom. The van der Waals surface area contributed by atoms with Crippen molar-refractivity contribution in [3.8, 4) is 0 Å². The van der Waals surface area contributed by atoms with Gasteiger partial charge in [-0.05, 0) is 32.6 Å².